The van der Waals surface area contributed by atoms with Crippen LogP contribution >= 0.6 is 11.8 Å². The third-order valence-corrected chi connectivity index (χ3v) is 6.88. The molecule has 3 rings (SSSR count). The molecule has 1 aliphatic heterocycles. The van der Waals surface area contributed by atoms with Crippen molar-refractivity contribution >= 4 is 33.4 Å². The Hall–Kier alpha value is -2.46. The average Bonchev–Trinajstić information content (AvgIpc) is 2.73. The predicted molar refractivity (Wildman–Crippen MR) is 120 cm³/mol. The summed E-state index contributed by atoms with van der Waals surface area (Å²) in [5.41, 5.74) is 0.928. The van der Waals surface area contributed by atoms with E-state index in [0.29, 0.717) is 54.0 Å². The van der Waals surface area contributed by atoms with E-state index < -0.39 is 22.0 Å². The van der Waals surface area contributed by atoms with Gasteiger partial charge in [0.25, 0.3) is 0 Å². The molecule has 7 nitrogen and oxygen atoms in total. The Kier molecular flexibility index (Phi) is 7.66. The Morgan fingerprint density at radius 3 is 2.61 bits per heavy atom. The Morgan fingerprint density at radius 1 is 1.19 bits per heavy atom. The fraction of sp³-hybridized carbons (Fsp3) is 0.381. The first-order chi connectivity index (χ1) is 14.8. The van der Waals surface area contributed by atoms with E-state index in [1.165, 1.54) is 24.8 Å². The molecule has 0 spiro atoms. The zero-order valence-corrected chi connectivity index (χ0v) is 19.0. The van der Waals surface area contributed by atoms with Gasteiger partial charge >= 0.3 is 0 Å². The maximum atomic E-state index is 13.6. The minimum absolute atomic E-state index is 0.254. The molecule has 31 heavy (non-hydrogen) atoms. The van der Waals surface area contributed by atoms with Crippen molar-refractivity contribution in [1.82, 2.24) is 5.32 Å². The lowest BCUT2D eigenvalue weighted by Crippen LogP contribution is -2.48. The number of nitrogens with one attached hydrogen (secondary N) is 1. The van der Waals surface area contributed by atoms with Crippen LogP contribution in [0.15, 0.2) is 42.5 Å². The van der Waals surface area contributed by atoms with Crippen molar-refractivity contribution in [2.75, 3.05) is 36.1 Å². The molecule has 0 saturated carbocycles. The number of hydrogen-bond acceptors (Lipinski definition) is 6. The summed E-state index contributed by atoms with van der Waals surface area (Å²) in [6.07, 6.45) is 1.05. The number of halogens is 1. The van der Waals surface area contributed by atoms with Gasteiger partial charge in [-0.05, 0) is 30.7 Å². The van der Waals surface area contributed by atoms with Gasteiger partial charge in [-0.1, -0.05) is 18.2 Å². The lowest BCUT2D eigenvalue weighted by Gasteiger charge is -2.29. The standard InChI is InChI=1S/C21H25FN2O5S2/c1-15(21(25)23-9-12-30-14-16-5-3-4-6-18(16)22)24(31(2,26)27)17-7-8-19-20(13-17)29-11-10-28-19/h3-8,13,15H,9-12,14H2,1-2H3,(H,23,25)/t15-/m0/s1. The third kappa shape index (κ3) is 6.04. The van der Waals surface area contributed by atoms with Crippen molar-refractivity contribution in [3.63, 3.8) is 0 Å². The van der Waals surface area contributed by atoms with Gasteiger partial charge in [0.2, 0.25) is 15.9 Å². The molecule has 1 aliphatic rings. The van der Waals surface area contributed by atoms with Gasteiger partial charge in [0, 0.05) is 24.1 Å². The van der Waals surface area contributed by atoms with E-state index >= 15 is 0 Å². The second-order valence-electron chi connectivity index (χ2n) is 7.00. The summed E-state index contributed by atoms with van der Waals surface area (Å²) in [5, 5.41) is 2.75. The summed E-state index contributed by atoms with van der Waals surface area (Å²) in [4.78, 5) is 12.6. The van der Waals surface area contributed by atoms with Gasteiger partial charge in [-0.25, -0.2) is 12.8 Å². The summed E-state index contributed by atoms with van der Waals surface area (Å²) in [5.74, 6) is 1.35. The molecule has 0 saturated heterocycles. The van der Waals surface area contributed by atoms with Crippen molar-refractivity contribution in [3.05, 3.63) is 53.8 Å². The zero-order valence-electron chi connectivity index (χ0n) is 17.3. The van der Waals surface area contributed by atoms with Crippen LogP contribution in [0.1, 0.15) is 12.5 Å². The molecule has 0 radical (unpaired) electrons. The molecule has 1 amide bonds. The van der Waals surface area contributed by atoms with Crippen molar-refractivity contribution < 1.29 is 27.1 Å². The lowest BCUT2D eigenvalue weighted by atomic mass is 10.2. The van der Waals surface area contributed by atoms with Crippen LogP contribution in [0.2, 0.25) is 0 Å². The Bertz CT molecular complexity index is 1030. The number of fused-ring (bicyclic) bond motifs is 1. The molecular weight excluding hydrogens is 443 g/mol. The maximum absolute atomic E-state index is 13.6. The maximum Gasteiger partial charge on any atom is 0.243 e. The second kappa shape index (κ2) is 10.2. The van der Waals surface area contributed by atoms with Crippen molar-refractivity contribution in [1.29, 1.82) is 0 Å². The summed E-state index contributed by atoms with van der Waals surface area (Å²) < 4.78 is 50.6. The van der Waals surface area contributed by atoms with Crippen molar-refractivity contribution in [2.45, 2.75) is 18.7 Å². The number of thioether (sulfide) groups is 1. The summed E-state index contributed by atoms with van der Waals surface area (Å²) in [6.45, 7) is 2.66. The van der Waals surface area contributed by atoms with Crippen LogP contribution in [0, 0.1) is 5.82 Å². The molecular formula is C21H25FN2O5S2. The largest absolute Gasteiger partial charge is 0.486 e. The van der Waals surface area contributed by atoms with Crippen LogP contribution < -0.4 is 19.1 Å². The number of rotatable bonds is 9. The van der Waals surface area contributed by atoms with Crippen LogP contribution in [-0.2, 0) is 20.6 Å². The number of sulfonamides is 1. The van der Waals surface area contributed by atoms with E-state index in [0.717, 1.165) is 10.6 Å². The molecule has 0 aliphatic carbocycles. The third-order valence-electron chi connectivity index (χ3n) is 4.63. The Labute approximate surface area is 186 Å². The number of benzene rings is 2. The molecule has 0 aromatic heterocycles. The normalized spacial score (nSPS) is 14.0. The minimum atomic E-state index is -3.74. The van der Waals surface area contributed by atoms with Crippen LogP contribution in [0.4, 0.5) is 10.1 Å². The fourth-order valence-electron chi connectivity index (χ4n) is 3.17. The van der Waals surface area contributed by atoms with Crippen LogP contribution in [0.25, 0.3) is 0 Å². The highest BCUT2D eigenvalue weighted by Gasteiger charge is 2.30. The quantitative estimate of drug-likeness (QED) is 0.570. The van der Waals surface area contributed by atoms with E-state index in [-0.39, 0.29) is 5.82 Å². The van der Waals surface area contributed by atoms with Gasteiger partial charge in [0.05, 0.1) is 11.9 Å². The molecule has 1 heterocycles. The van der Waals surface area contributed by atoms with Crippen LogP contribution in [0.5, 0.6) is 11.5 Å². The predicted octanol–water partition coefficient (Wildman–Crippen LogP) is 2.80. The molecule has 2 aromatic carbocycles. The van der Waals surface area contributed by atoms with Crippen molar-refractivity contribution in [2.24, 2.45) is 0 Å². The Balaban J connectivity index is 1.59. The smallest absolute Gasteiger partial charge is 0.243 e. The second-order valence-corrected chi connectivity index (χ2v) is 9.96. The first-order valence-corrected chi connectivity index (χ1v) is 12.8. The number of hydrogen-bond donors (Lipinski definition) is 1. The van der Waals surface area contributed by atoms with Crippen LogP contribution in [-0.4, -0.2) is 52.1 Å². The molecule has 0 bridgehead atoms. The Morgan fingerprint density at radius 2 is 1.90 bits per heavy atom. The van der Waals surface area contributed by atoms with Crippen LogP contribution in [0.3, 0.4) is 0 Å². The molecule has 1 N–H and O–H groups in total. The zero-order chi connectivity index (χ0) is 22.4. The topological polar surface area (TPSA) is 84.9 Å². The number of carbonyl (C=O) groups excluding carboxylic acids is 1. The highest BCUT2D eigenvalue weighted by atomic mass is 32.2. The highest BCUT2D eigenvalue weighted by Crippen LogP contribution is 2.35. The van der Waals surface area contributed by atoms with Gasteiger partial charge in [0.1, 0.15) is 25.1 Å². The summed E-state index contributed by atoms with van der Waals surface area (Å²) in [6, 6.07) is 10.4. The van der Waals surface area contributed by atoms with Gasteiger partial charge < -0.3 is 14.8 Å². The van der Waals surface area contributed by atoms with Crippen molar-refractivity contribution in [3.8, 4) is 11.5 Å². The number of nitrogens with zero attached hydrogens (tertiary/aromatic N) is 1. The summed E-state index contributed by atoms with van der Waals surface area (Å²) >= 11 is 1.48. The van der Waals surface area contributed by atoms with Gasteiger partial charge in [-0.15, -0.1) is 0 Å². The molecule has 0 unspecified atom stereocenters. The van der Waals surface area contributed by atoms with Gasteiger partial charge in [0.15, 0.2) is 11.5 Å². The van der Waals surface area contributed by atoms with E-state index in [9.17, 15) is 17.6 Å². The number of carbonyl (C=O) groups is 1. The van der Waals surface area contributed by atoms with E-state index in [4.69, 9.17) is 9.47 Å². The highest BCUT2D eigenvalue weighted by molar-refractivity contribution is 7.98. The van der Waals surface area contributed by atoms with Gasteiger partial charge in [-0.3, -0.25) is 9.10 Å². The first-order valence-electron chi connectivity index (χ1n) is 9.75. The van der Waals surface area contributed by atoms with E-state index in [1.807, 2.05) is 0 Å². The van der Waals surface area contributed by atoms with Gasteiger partial charge in [-0.2, -0.15) is 11.8 Å². The molecule has 10 heteroatoms. The molecule has 168 valence electrons. The number of amides is 1. The molecule has 2 aromatic rings. The van der Waals surface area contributed by atoms with E-state index in [2.05, 4.69) is 5.32 Å². The number of ether oxygens (including phenoxy) is 2. The first kappa shape index (κ1) is 23.2. The van der Waals surface area contributed by atoms with E-state index in [1.54, 1.807) is 36.4 Å². The minimum Gasteiger partial charge on any atom is -0.486 e. The molecule has 0 fully saturated rings. The SMILES string of the molecule is C[C@@H](C(=O)NCCSCc1ccccc1F)N(c1ccc2c(c1)OCCO2)S(C)(=O)=O. The summed E-state index contributed by atoms with van der Waals surface area (Å²) in [7, 11) is -3.74. The fourth-order valence-corrected chi connectivity index (χ4v) is 5.18. The monoisotopic (exact) mass is 468 g/mol. The lowest BCUT2D eigenvalue weighted by molar-refractivity contribution is -0.121. The number of anilines is 1. The average molecular weight is 469 g/mol. The molecule has 1 atom stereocenters.